The molecule has 0 aliphatic carbocycles. The van der Waals surface area contributed by atoms with E-state index in [1.807, 2.05) is 6.07 Å². The third-order valence-electron chi connectivity index (χ3n) is 10.3. The molecule has 9 nitrogen and oxygen atoms in total. The van der Waals surface area contributed by atoms with Crippen molar-refractivity contribution >= 4 is 54.7 Å². The summed E-state index contributed by atoms with van der Waals surface area (Å²) in [5.41, 5.74) is 5.18. The number of alkyl halides is 3. The molecule has 4 atom stereocenters. The van der Waals surface area contributed by atoms with E-state index >= 15 is 4.39 Å². The molecular formula is C33H30ClF5N6O3S. The van der Waals surface area contributed by atoms with Crippen LogP contribution in [0.2, 0.25) is 5.02 Å². The van der Waals surface area contributed by atoms with Gasteiger partial charge in [-0.05, 0) is 43.9 Å². The third kappa shape index (κ3) is 5.30. The van der Waals surface area contributed by atoms with Crippen molar-refractivity contribution in [1.82, 2.24) is 14.9 Å². The highest BCUT2D eigenvalue weighted by atomic mass is 35.5. The molecule has 3 saturated heterocycles. The molecule has 3 unspecified atom stereocenters. The molecule has 0 radical (unpaired) electrons. The lowest BCUT2D eigenvalue weighted by molar-refractivity contribution is -0.165. The minimum Gasteiger partial charge on any atom is -0.491 e. The molecule has 0 saturated carbocycles. The lowest BCUT2D eigenvalue weighted by Crippen LogP contribution is -2.48. The van der Waals surface area contributed by atoms with Crippen LogP contribution in [0.4, 0.5) is 32.8 Å². The highest BCUT2D eigenvalue weighted by Gasteiger charge is 2.49. The van der Waals surface area contributed by atoms with Crippen LogP contribution >= 0.6 is 22.9 Å². The average Bonchev–Trinajstić information content (AvgIpc) is 3.71. The van der Waals surface area contributed by atoms with Gasteiger partial charge >= 0.3 is 12.6 Å². The first-order valence-corrected chi connectivity index (χ1v) is 17.3. The van der Waals surface area contributed by atoms with Crippen molar-refractivity contribution in [3.63, 3.8) is 0 Å². The largest absolute Gasteiger partial charge is 0.491 e. The molecule has 2 aromatic heterocycles. The van der Waals surface area contributed by atoms with E-state index in [0.717, 1.165) is 30.4 Å². The summed E-state index contributed by atoms with van der Waals surface area (Å²) in [6.07, 6.45) is 1.35. The number of fused-ring (bicyclic) bond motifs is 4. The van der Waals surface area contributed by atoms with Gasteiger partial charge in [0.2, 0.25) is 0 Å². The lowest BCUT2D eigenvalue weighted by atomic mass is 9.94. The number of nitriles is 1. The summed E-state index contributed by atoms with van der Waals surface area (Å²) >= 11 is 7.86. The third-order valence-corrected chi connectivity index (χ3v) is 11.7. The van der Waals surface area contributed by atoms with Crippen molar-refractivity contribution in [2.45, 2.75) is 69.0 Å². The summed E-state index contributed by atoms with van der Waals surface area (Å²) < 4.78 is 90.8. The molecule has 3 fully saturated rings. The number of anilines is 2. The SMILES string of the molecule is N#Cc1c(N)sc2c(F)ccc(-c3c(Cl)c4c5c(nc(OCC67CCCN6C[C@H](F)C7)nc5c3F)N3CC(OC(F)F)CCC3CCO4)c12. The number of rotatable bonds is 6. The second-order valence-electron chi connectivity index (χ2n) is 13.0. The van der Waals surface area contributed by atoms with Crippen LogP contribution in [0.3, 0.4) is 0 Å². The average molecular weight is 721 g/mol. The van der Waals surface area contributed by atoms with Gasteiger partial charge in [-0.3, -0.25) is 4.90 Å². The highest BCUT2D eigenvalue weighted by molar-refractivity contribution is 7.23. The lowest BCUT2D eigenvalue weighted by Gasteiger charge is -2.42. The number of nitrogens with zero attached hydrogens (tertiary/aromatic N) is 5. The highest BCUT2D eigenvalue weighted by Crippen LogP contribution is 2.51. The molecule has 8 rings (SSSR count). The topological polar surface area (TPSA) is 110 Å². The van der Waals surface area contributed by atoms with E-state index in [4.69, 9.17) is 36.5 Å². The van der Waals surface area contributed by atoms with Crippen LogP contribution in [0, 0.1) is 23.0 Å². The molecule has 4 aromatic rings. The number of piperidine rings is 1. The second kappa shape index (κ2) is 12.3. The van der Waals surface area contributed by atoms with Crippen LogP contribution in [0.15, 0.2) is 12.1 Å². The van der Waals surface area contributed by atoms with Gasteiger partial charge in [0.15, 0.2) is 11.6 Å². The quantitative estimate of drug-likeness (QED) is 0.207. The Hall–Kier alpha value is -3.71. The van der Waals surface area contributed by atoms with Gasteiger partial charge in [-0.15, -0.1) is 11.3 Å². The Morgan fingerprint density at radius 3 is 2.82 bits per heavy atom. The minimum atomic E-state index is -2.98. The van der Waals surface area contributed by atoms with Crippen molar-refractivity contribution in [3.8, 4) is 29.0 Å². The Morgan fingerprint density at radius 1 is 1.18 bits per heavy atom. The van der Waals surface area contributed by atoms with Crippen molar-refractivity contribution in [2.24, 2.45) is 0 Å². The van der Waals surface area contributed by atoms with E-state index in [-0.39, 0.29) is 97.5 Å². The monoisotopic (exact) mass is 720 g/mol. The Bertz CT molecular complexity index is 2030. The Kier molecular flexibility index (Phi) is 8.13. The van der Waals surface area contributed by atoms with Crippen molar-refractivity contribution < 1.29 is 36.2 Å². The predicted molar refractivity (Wildman–Crippen MR) is 174 cm³/mol. The van der Waals surface area contributed by atoms with E-state index < -0.39 is 36.1 Å². The van der Waals surface area contributed by atoms with E-state index in [1.165, 1.54) is 6.07 Å². The van der Waals surface area contributed by atoms with Gasteiger partial charge in [0.1, 0.15) is 41.0 Å². The summed E-state index contributed by atoms with van der Waals surface area (Å²) in [4.78, 5) is 13.1. The van der Waals surface area contributed by atoms with Gasteiger partial charge in [0, 0.05) is 42.9 Å². The number of nitrogens with two attached hydrogens (primary N) is 1. The Morgan fingerprint density at radius 2 is 2.02 bits per heavy atom. The first-order chi connectivity index (χ1) is 23.6. The van der Waals surface area contributed by atoms with Crippen molar-refractivity contribution in [1.29, 1.82) is 5.26 Å². The summed E-state index contributed by atoms with van der Waals surface area (Å²) in [7, 11) is 0. The molecule has 6 heterocycles. The number of hydrogen-bond donors (Lipinski definition) is 1. The molecule has 258 valence electrons. The molecule has 49 heavy (non-hydrogen) atoms. The van der Waals surface area contributed by atoms with Gasteiger partial charge in [0.05, 0.1) is 38.9 Å². The van der Waals surface area contributed by atoms with E-state index in [9.17, 15) is 22.8 Å². The van der Waals surface area contributed by atoms with Gasteiger partial charge < -0.3 is 24.8 Å². The van der Waals surface area contributed by atoms with Gasteiger partial charge in [-0.2, -0.15) is 24.0 Å². The molecular weight excluding hydrogens is 691 g/mol. The summed E-state index contributed by atoms with van der Waals surface area (Å²) in [5, 5.41) is 10.0. The number of halogens is 6. The zero-order valence-electron chi connectivity index (χ0n) is 26.0. The standard InChI is InChI=1S/C33H30ClF5N6O3S/c34-24-22(18-4-5-20(36)28-21(18)19(11-40)29(41)49-28)25(37)26-23-27(24)46-9-6-16-2-3-17(48-31(38)39)13-45(16)30(23)43-32(42-26)47-14-33-7-1-8-44(33)12-15(35)10-33/h4-5,15-17,31H,1-3,6-10,12-14,41H2/t15-,16?,17?,33?/m1/s1. The van der Waals surface area contributed by atoms with Crippen molar-refractivity contribution in [3.05, 3.63) is 34.4 Å². The fourth-order valence-electron chi connectivity index (χ4n) is 8.14. The molecule has 16 heteroatoms. The molecule has 0 spiro atoms. The zero-order chi connectivity index (χ0) is 34.2. The summed E-state index contributed by atoms with van der Waals surface area (Å²) in [5.74, 6) is -1.34. The zero-order valence-corrected chi connectivity index (χ0v) is 27.5. The molecule has 2 N–H and O–H groups in total. The van der Waals surface area contributed by atoms with Gasteiger partial charge in [-0.25, -0.2) is 13.2 Å². The number of hydrogen-bond acceptors (Lipinski definition) is 10. The van der Waals surface area contributed by atoms with Crippen molar-refractivity contribution in [2.75, 3.05) is 43.5 Å². The van der Waals surface area contributed by atoms with Gasteiger partial charge in [0.25, 0.3) is 0 Å². The van der Waals surface area contributed by atoms with Crippen LogP contribution in [0.5, 0.6) is 11.8 Å². The van der Waals surface area contributed by atoms with Crippen LogP contribution in [0.1, 0.15) is 44.1 Å². The molecule has 4 aliphatic rings. The van der Waals surface area contributed by atoms with E-state index in [0.29, 0.717) is 32.2 Å². The first-order valence-electron chi connectivity index (χ1n) is 16.1. The maximum atomic E-state index is 17.2. The van der Waals surface area contributed by atoms with E-state index in [1.54, 1.807) is 4.90 Å². The Balaban J connectivity index is 1.34. The fraction of sp³-hybridized carbons (Fsp3) is 0.485. The molecule has 0 bridgehead atoms. The number of ether oxygens (including phenoxy) is 3. The molecule has 2 aromatic carbocycles. The van der Waals surface area contributed by atoms with Crippen LogP contribution in [-0.2, 0) is 4.74 Å². The second-order valence-corrected chi connectivity index (χ2v) is 14.5. The minimum absolute atomic E-state index is 0.0228. The van der Waals surface area contributed by atoms with Crippen LogP contribution in [0.25, 0.3) is 32.1 Å². The fourth-order valence-corrected chi connectivity index (χ4v) is 9.43. The van der Waals surface area contributed by atoms with Crippen LogP contribution < -0.4 is 20.1 Å². The normalized spacial score (nSPS) is 25.3. The number of benzene rings is 2. The maximum Gasteiger partial charge on any atom is 0.345 e. The number of nitrogen functional groups attached to an aromatic ring is 1. The Labute approximate surface area is 286 Å². The molecule has 0 amide bonds. The maximum absolute atomic E-state index is 17.2. The first kappa shape index (κ1) is 32.5. The predicted octanol–water partition coefficient (Wildman–Crippen LogP) is 7.21. The summed E-state index contributed by atoms with van der Waals surface area (Å²) in [6.45, 7) is -1.72. The molecule has 4 aliphatic heterocycles. The summed E-state index contributed by atoms with van der Waals surface area (Å²) in [6, 6.07) is 4.06. The van der Waals surface area contributed by atoms with E-state index in [2.05, 4.69) is 9.88 Å². The smallest absolute Gasteiger partial charge is 0.345 e. The van der Waals surface area contributed by atoms with Crippen LogP contribution in [-0.4, -0.2) is 78.2 Å². The number of aromatic nitrogens is 2. The van der Waals surface area contributed by atoms with Gasteiger partial charge in [-0.1, -0.05) is 17.7 Å². The number of thiophene rings is 1.